The van der Waals surface area contributed by atoms with E-state index in [1.54, 1.807) is 0 Å². The number of rotatable bonds is 65. The molecule has 1 atom stereocenters. The summed E-state index contributed by atoms with van der Waals surface area (Å²) in [6.45, 7) is 6.64. The molecule has 0 radical (unpaired) electrons. The molecule has 0 rings (SSSR count). The average molecular weight is 1100 g/mol. The highest BCUT2D eigenvalue weighted by Gasteiger charge is 2.19. The van der Waals surface area contributed by atoms with Crippen molar-refractivity contribution >= 4 is 17.9 Å². The minimum atomic E-state index is -0.781. The third-order valence-electron chi connectivity index (χ3n) is 15.9. The number of hydrogen-bond acceptors (Lipinski definition) is 6. The molecular weight excluding hydrogens is 961 g/mol. The predicted octanol–water partition coefficient (Wildman–Crippen LogP) is 23.9. The van der Waals surface area contributed by atoms with Crippen molar-refractivity contribution in [2.45, 2.75) is 393 Å². The SMILES string of the molecule is CCCC/C=C\C/C=C\CCCCCCCC(=O)OCC(COC(=O)CCCCCCCCCCCCCCCCCCCCCCCCCCCCCCCC)OC(=O)CCCCCCC/C=C\CCCCCCCCC. The van der Waals surface area contributed by atoms with Gasteiger partial charge in [0.2, 0.25) is 0 Å². The van der Waals surface area contributed by atoms with E-state index < -0.39 is 6.10 Å². The summed E-state index contributed by atoms with van der Waals surface area (Å²) in [4.78, 5) is 38.3. The Bertz CT molecular complexity index is 1300. The lowest BCUT2D eigenvalue weighted by Crippen LogP contribution is -2.30. The molecule has 0 aliphatic rings. The summed E-state index contributed by atoms with van der Waals surface area (Å²) in [5.74, 6) is -0.874. The molecule has 0 N–H and O–H groups in total. The molecule has 0 aliphatic carbocycles. The summed E-state index contributed by atoms with van der Waals surface area (Å²) in [6, 6.07) is 0. The van der Waals surface area contributed by atoms with Gasteiger partial charge < -0.3 is 14.2 Å². The highest BCUT2D eigenvalue weighted by atomic mass is 16.6. The fraction of sp³-hybridized carbons (Fsp3) is 0.875. The second-order valence-corrected chi connectivity index (χ2v) is 23.8. The first-order valence-electron chi connectivity index (χ1n) is 35.0. The second kappa shape index (κ2) is 67.1. The second-order valence-electron chi connectivity index (χ2n) is 23.8. The maximum absolute atomic E-state index is 12.9. The van der Waals surface area contributed by atoms with Crippen molar-refractivity contribution in [1.29, 1.82) is 0 Å². The van der Waals surface area contributed by atoms with E-state index in [0.29, 0.717) is 19.3 Å². The van der Waals surface area contributed by atoms with Gasteiger partial charge in [-0.1, -0.05) is 333 Å². The Kier molecular flexibility index (Phi) is 65.1. The highest BCUT2D eigenvalue weighted by Crippen LogP contribution is 2.18. The number of ether oxygens (including phenoxy) is 3. The number of unbranched alkanes of at least 4 members (excludes halogenated alkanes) is 48. The van der Waals surface area contributed by atoms with Crippen LogP contribution in [0.1, 0.15) is 387 Å². The maximum Gasteiger partial charge on any atom is 0.306 e. The fourth-order valence-electron chi connectivity index (χ4n) is 10.6. The van der Waals surface area contributed by atoms with Crippen molar-refractivity contribution in [2.24, 2.45) is 0 Å². The van der Waals surface area contributed by atoms with Crippen molar-refractivity contribution in [3.05, 3.63) is 36.5 Å². The quantitative estimate of drug-likeness (QED) is 0.0261. The predicted molar refractivity (Wildman–Crippen MR) is 339 cm³/mol. The average Bonchev–Trinajstić information content (AvgIpc) is 3.44. The molecule has 6 heteroatoms. The molecule has 6 nitrogen and oxygen atoms in total. The Balaban J connectivity index is 4.16. The van der Waals surface area contributed by atoms with Crippen molar-refractivity contribution in [1.82, 2.24) is 0 Å². The van der Waals surface area contributed by atoms with Crippen molar-refractivity contribution in [3.63, 3.8) is 0 Å². The van der Waals surface area contributed by atoms with Crippen LogP contribution >= 0.6 is 0 Å². The van der Waals surface area contributed by atoms with Gasteiger partial charge in [0.05, 0.1) is 0 Å². The van der Waals surface area contributed by atoms with E-state index in [9.17, 15) is 14.4 Å². The molecule has 0 saturated heterocycles. The van der Waals surface area contributed by atoms with E-state index >= 15 is 0 Å². The lowest BCUT2D eigenvalue weighted by atomic mass is 10.0. The molecule has 78 heavy (non-hydrogen) atoms. The molecule has 0 aromatic rings. The van der Waals surface area contributed by atoms with Crippen LogP contribution in [0, 0.1) is 0 Å². The zero-order valence-electron chi connectivity index (χ0n) is 52.7. The van der Waals surface area contributed by atoms with Crippen LogP contribution in [0.25, 0.3) is 0 Å². The van der Waals surface area contributed by atoms with Gasteiger partial charge in [-0.3, -0.25) is 14.4 Å². The van der Waals surface area contributed by atoms with Gasteiger partial charge in [0, 0.05) is 19.3 Å². The Hall–Kier alpha value is -2.37. The van der Waals surface area contributed by atoms with E-state index in [1.165, 1.54) is 263 Å². The smallest absolute Gasteiger partial charge is 0.306 e. The minimum absolute atomic E-state index is 0.0759. The topological polar surface area (TPSA) is 78.9 Å². The summed E-state index contributed by atoms with van der Waals surface area (Å²) in [7, 11) is 0. The minimum Gasteiger partial charge on any atom is -0.462 e. The van der Waals surface area contributed by atoms with Gasteiger partial charge in [-0.2, -0.15) is 0 Å². The molecule has 0 saturated carbocycles. The summed E-state index contributed by atoms with van der Waals surface area (Å²) in [5.41, 5.74) is 0. The lowest BCUT2D eigenvalue weighted by Gasteiger charge is -2.18. The molecule has 0 aromatic carbocycles. The maximum atomic E-state index is 12.9. The van der Waals surface area contributed by atoms with Gasteiger partial charge in [0.25, 0.3) is 0 Å². The highest BCUT2D eigenvalue weighted by molar-refractivity contribution is 5.71. The zero-order chi connectivity index (χ0) is 56.4. The molecule has 1 unspecified atom stereocenters. The van der Waals surface area contributed by atoms with E-state index in [4.69, 9.17) is 14.2 Å². The molecule has 0 spiro atoms. The van der Waals surface area contributed by atoms with Crippen LogP contribution in [0.2, 0.25) is 0 Å². The number of carbonyl (C=O) groups excluding carboxylic acids is 3. The van der Waals surface area contributed by atoms with Crippen LogP contribution in [0.3, 0.4) is 0 Å². The fourth-order valence-corrected chi connectivity index (χ4v) is 10.6. The van der Waals surface area contributed by atoms with E-state index in [1.807, 2.05) is 0 Å². The number of hydrogen-bond donors (Lipinski definition) is 0. The van der Waals surface area contributed by atoms with Crippen LogP contribution in [0.5, 0.6) is 0 Å². The molecule has 0 aliphatic heterocycles. The van der Waals surface area contributed by atoms with E-state index in [0.717, 1.165) is 83.5 Å². The van der Waals surface area contributed by atoms with Crippen molar-refractivity contribution < 1.29 is 28.6 Å². The summed E-state index contributed by atoms with van der Waals surface area (Å²) >= 11 is 0. The van der Waals surface area contributed by atoms with Crippen LogP contribution in [-0.4, -0.2) is 37.2 Å². The Morgan fingerprint density at radius 2 is 0.474 bits per heavy atom. The van der Waals surface area contributed by atoms with Gasteiger partial charge in [-0.05, 0) is 70.6 Å². The summed E-state index contributed by atoms with van der Waals surface area (Å²) in [6.07, 6.45) is 83.3. The van der Waals surface area contributed by atoms with Gasteiger partial charge in [0.15, 0.2) is 6.10 Å². The number of carbonyl (C=O) groups is 3. The lowest BCUT2D eigenvalue weighted by molar-refractivity contribution is -0.167. The largest absolute Gasteiger partial charge is 0.462 e. The van der Waals surface area contributed by atoms with Gasteiger partial charge in [-0.25, -0.2) is 0 Å². The zero-order valence-corrected chi connectivity index (χ0v) is 52.7. The molecule has 458 valence electrons. The van der Waals surface area contributed by atoms with Crippen LogP contribution in [0.4, 0.5) is 0 Å². The molecular formula is C72H134O6. The third kappa shape index (κ3) is 64.5. The summed E-state index contributed by atoms with van der Waals surface area (Å²) < 4.78 is 16.9. The van der Waals surface area contributed by atoms with Crippen LogP contribution in [0.15, 0.2) is 36.5 Å². The molecule has 0 fully saturated rings. The first-order valence-corrected chi connectivity index (χ1v) is 35.0. The summed E-state index contributed by atoms with van der Waals surface area (Å²) in [5, 5.41) is 0. The van der Waals surface area contributed by atoms with Gasteiger partial charge in [-0.15, -0.1) is 0 Å². The molecule has 0 heterocycles. The van der Waals surface area contributed by atoms with Gasteiger partial charge in [0.1, 0.15) is 13.2 Å². The Morgan fingerprint density at radius 3 is 0.756 bits per heavy atom. The van der Waals surface area contributed by atoms with Crippen LogP contribution in [-0.2, 0) is 28.6 Å². The molecule has 0 amide bonds. The van der Waals surface area contributed by atoms with E-state index in [2.05, 4.69) is 57.2 Å². The van der Waals surface area contributed by atoms with Crippen LogP contribution < -0.4 is 0 Å². The first kappa shape index (κ1) is 75.6. The Labute approximate surface area is 486 Å². The molecule has 0 bridgehead atoms. The monoisotopic (exact) mass is 1100 g/mol. The normalized spacial score (nSPS) is 12.2. The third-order valence-corrected chi connectivity index (χ3v) is 15.9. The van der Waals surface area contributed by atoms with Gasteiger partial charge >= 0.3 is 17.9 Å². The first-order chi connectivity index (χ1) is 38.5. The Morgan fingerprint density at radius 1 is 0.256 bits per heavy atom. The van der Waals surface area contributed by atoms with Crippen molar-refractivity contribution in [2.75, 3.05) is 13.2 Å². The standard InChI is InChI=1S/C72H134O6/c1-4-7-10-13-16-19-22-25-28-30-31-32-33-34-35-36-37-38-39-40-41-42-43-45-47-50-53-56-59-62-65-71(74)77-68-69(67-76-70(73)64-61-58-55-52-49-46-27-24-21-18-15-12-9-6-3)78-72(75)66-63-60-57-54-51-48-44-29-26-23-20-17-14-11-8-5-2/h15,18,24,27,29,44,69H,4-14,16-17,19-23,25-26,28,30-43,45-68H2,1-3H3/b18-15-,27-24-,44-29-. The number of allylic oxidation sites excluding steroid dienone is 6. The number of esters is 3. The van der Waals surface area contributed by atoms with Crippen molar-refractivity contribution in [3.8, 4) is 0 Å². The van der Waals surface area contributed by atoms with E-state index in [-0.39, 0.29) is 31.1 Å². The molecule has 0 aromatic heterocycles.